The molecule has 1 rings (SSSR count). The van der Waals surface area contributed by atoms with Crippen LogP contribution >= 0.6 is 0 Å². The van der Waals surface area contributed by atoms with Crippen molar-refractivity contribution in [3.63, 3.8) is 0 Å². The molecule has 1 heteroatoms. The fourth-order valence-corrected chi connectivity index (χ4v) is 1.64. The van der Waals surface area contributed by atoms with Gasteiger partial charge in [-0.2, -0.15) is 0 Å². The Labute approximate surface area is 93.5 Å². The maximum Gasteiger partial charge on any atom is 0.0641 e. The number of hydrogen-bond acceptors (Lipinski definition) is 1. The summed E-state index contributed by atoms with van der Waals surface area (Å²) in [4.78, 5) is 0. The molecule has 15 heavy (non-hydrogen) atoms. The predicted octanol–water partition coefficient (Wildman–Crippen LogP) is 3.68. The van der Waals surface area contributed by atoms with Crippen LogP contribution in [0.3, 0.4) is 0 Å². The Morgan fingerprint density at radius 1 is 1.00 bits per heavy atom. The molecule has 0 saturated carbocycles. The lowest BCUT2D eigenvalue weighted by Crippen LogP contribution is -2.25. The van der Waals surface area contributed by atoms with Gasteiger partial charge in [-0.3, -0.25) is 0 Å². The van der Waals surface area contributed by atoms with Crippen molar-refractivity contribution in [3.05, 3.63) is 35.9 Å². The molecule has 0 spiro atoms. The monoisotopic (exact) mass is 206 g/mol. The minimum atomic E-state index is 0.307. The van der Waals surface area contributed by atoms with Gasteiger partial charge in [-0.25, -0.2) is 0 Å². The minimum Gasteiger partial charge on any atom is -0.375 e. The average molecular weight is 206 g/mol. The van der Waals surface area contributed by atoms with E-state index in [0.29, 0.717) is 18.1 Å². The van der Waals surface area contributed by atoms with Crippen LogP contribution in [-0.2, 0) is 11.2 Å². The second kappa shape index (κ2) is 5.92. The maximum absolute atomic E-state index is 5.92. The van der Waals surface area contributed by atoms with E-state index in [-0.39, 0.29) is 0 Å². The SMILES string of the molecule is CC(C)O[C@@H](Cc1ccccc1)C(C)C. The summed E-state index contributed by atoms with van der Waals surface area (Å²) in [5.41, 5.74) is 1.36. The van der Waals surface area contributed by atoms with E-state index < -0.39 is 0 Å². The lowest BCUT2D eigenvalue weighted by atomic mass is 9.99. The summed E-state index contributed by atoms with van der Waals surface area (Å²) < 4.78 is 5.92. The molecule has 0 aliphatic carbocycles. The summed E-state index contributed by atoms with van der Waals surface area (Å²) in [7, 11) is 0. The third-order valence-corrected chi connectivity index (χ3v) is 2.47. The van der Waals surface area contributed by atoms with Crippen molar-refractivity contribution >= 4 is 0 Å². The van der Waals surface area contributed by atoms with Gasteiger partial charge in [0.1, 0.15) is 0 Å². The van der Waals surface area contributed by atoms with Gasteiger partial charge < -0.3 is 4.74 Å². The Morgan fingerprint density at radius 2 is 1.60 bits per heavy atom. The molecule has 1 aromatic carbocycles. The zero-order chi connectivity index (χ0) is 11.3. The zero-order valence-corrected chi connectivity index (χ0v) is 10.2. The van der Waals surface area contributed by atoms with Gasteiger partial charge in [-0.15, -0.1) is 0 Å². The zero-order valence-electron chi connectivity index (χ0n) is 10.2. The molecule has 0 unspecified atom stereocenters. The highest BCUT2D eigenvalue weighted by Gasteiger charge is 2.15. The van der Waals surface area contributed by atoms with Gasteiger partial charge in [0.2, 0.25) is 0 Å². The summed E-state index contributed by atoms with van der Waals surface area (Å²) in [5, 5.41) is 0. The summed E-state index contributed by atoms with van der Waals surface area (Å²) in [5.74, 6) is 0.563. The Bertz CT molecular complexity index is 264. The van der Waals surface area contributed by atoms with Crippen molar-refractivity contribution in [2.75, 3.05) is 0 Å². The van der Waals surface area contributed by atoms with E-state index in [1.54, 1.807) is 0 Å². The second-order valence-electron chi connectivity index (χ2n) is 4.66. The molecule has 0 aromatic heterocycles. The van der Waals surface area contributed by atoms with Gasteiger partial charge in [-0.1, -0.05) is 44.2 Å². The van der Waals surface area contributed by atoms with Crippen molar-refractivity contribution in [3.8, 4) is 0 Å². The molecule has 1 atom stereocenters. The molecule has 0 N–H and O–H groups in total. The van der Waals surface area contributed by atoms with E-state index in [2.05, 4.69) is 58.0 Å². The molecule has 1 nitrogen and oxygen atoms in total. The van der Waals surface area contributed by atoms with E-state index in [1.165, 1.54) is 5.56 Å². The van der Waals surface area contributed by atoms with Gasteiger partial charge in [0, 0.05) is 0 Å². The van der Waals surface area contributed by atoms with Crippen molar-refractivity contribution in [1.82, 2.24) is 0 Å². The molecular weight excluding hydrogens is 184 g/mol. The van der Waals surface area contributed by atoms with Crippen LogP contribution in [-0.4, -0.2) is 12.2 Å². The first kappa shape index (κ1) is 12.3. The standard InChI is InChI=1S/C14H22O/c1-11(2)14(15-12(3)4)10-13-8-6-5-7-9-13/h5-9,11-12,14H,10H2,1-4H3/t14-/m0/s1. The van der Waals surface area contributed by atoms with Gasteiger partial charge in [0.15, 0.2) is 0 Å². The fraction of sp³-hybridized carbons (Fsp3) is 0.571. The molecule has 0 heterocycles. The summed E-state index contributed by atoms with van der Waals surface area (Å²) in [6.07, 6.45) is 1.64. The van der Waals surface area contributed by atoms with Crippen LogP contribution in [0.15, 0.2) is 30.3 Å². The third-order valence-electron chi connectivity index (χ3n) is 2.47. The first-order chi connectivity index (χ1) is 7.09. The molecule has 1 aromatic rings. The van der Waals surface area contributed by atoms with E-state index >= 15 is 0 Å². The predicted molar refractivity (Wildman–Crippen MR) is 65.0 cm³/mol. The number of rotatable bonds is 5. The van der Waals surface area contributed by atoms with Crippen LogP contribution in [0, 0.1) is 5.92 Å². The number of hydrogen-bond donors (Lipinski definition) is 0. The van der Waals surface area contributed by atoms with Gasteiger partial charge in [0.05, 0.1) is 12.2 Å². The van der Waals surface area contributed by atoms with Gasteiger partial charge in [-0.05, 0) is 31.7 Å². The fourth-order valence-electron chi connectivity index (χ4n) is 1.64. The quantitative estimate of drug-likeness (QED) is 0.714. The molecular formula is C14H22O. The topological polar surface area (TPSA) is 9.23 Å². The maximum atomic E-state index is 5.92. The third kappa shape index (κ3) is 4.48. The van der Waals surface area contributed by atoms with Crippen LogP contribution in [0.25, 0.3) is 0 Å². The molecule has 0 amide bonds. The second-order valence-corrected chi connectivity index (χ2v) is 4.66. The number of benzene rings is 1. The van der Waals surface area contributed by atoms with Gasteiger partial charge in [0.25, 0.3) is 0 Å². The molecule has 84 valence electrons. The highest BCUT2D eigenvalue weighted by atomic mass is 16.5. The van der Waals surface area contributed by atoms with E-state index in [0.717, 1.165) is 6.42 Å². The largest absolute Gasteiger partial charge is 0.375 e. The van der Waals surface area contributed by atoms with Crippen LogP contribution in [0.2, 0.25) is 0 Å². The van der Waals surface area contributed by atoms with E-state index in [1.807, 2.05) is 0 Å². The Hall–Kier alpha value is -0.820. The van der Waals surface area contributed by atoms with Crippen LogP contribution in [0.5, 0.6) is 0 Å². The molecule has 0 aliphatic heterocycles. The van der Waals surface area contributed by atoms with Crippen LogP contribution in [0.4, 0.5) is 0 Å². The highest BCUT2D eigenvalue weighted by Crippen LogP contribution is 2.15. The Balaban J connectivity index is 2.59. The summed E-state index contributed by atoms with van der Waals surface area (Å²) >= 11 is 0. The molecule has 0 radical (unpaired) electrons. The van der Waals surface area contributed by atoms with Crippen LogP contribution in [0.1, 0.15) is 33.3 Å². The summed E-state index contributed by atoms with van der Waals surface area (Å²) in [6.45, 7) is 8.63. The smallest absolute Gasteiger partial charge is 0.0641 e. The first-order valence-corrected chi connectivity index (χ1v) is 5.79. The van der Waals surface area contributed by atoms with Crippen molar-refractivity contribution in [2.24, 2.45) is 5.92 Å². The molecule has 0 bridgehead atoms. The summed E-state index contributed by atoms with van der Waals surface area (Å²) in [6, 6.07) is 10.6. The normalized spacial score (nSPS) is 13.5. The molecule has 0 aliphatic rings. The minimum absolute atomic E-state index is 0.307. The van der Waals surface area contributed by atoms with E-state index in [9.17, 15) is 0 Å². The molecule has 0 fully saturated rings. The highest BCUT2D eigenvalue weighted by molar-refractivity contribution is 5.15. The lowest BCUT2D eigenvalue weighted by molar-refractivity contribution is -0.0174. The van der Waals surface area contributed by atoms with Crippen molar-refractivity contribution in [1.29, 1.82) is 0 Å². The Kier molecular flexibility index (Phi) is 4.83. The molecule has 0 saturated heterocycles. The lowest BCUT2D eigenvalue weighted by Gasteiger charge is -2.24. The first-order valence-electron chi connectivity index (χ1n) is 5.79. The van der Waals surface area contributed by atoms with Crippen LogP contribution < -0.4 is 0 Å². The van der Waals surface area contributed by atoms with Crippen molar-refractivity contribution in [2.45, 2.75) is 46.3 Å². The Morgan fingerprint density at radius 3 is 2.07 bits per heavy atom. The number of ether oxygens (including phenoxy) is 1. The van der Waals surface area contributed by atoms with Gasteiger partial charge >= 0.3 is 0 Å². The average Bonchev–Trinajstić information content (AvgIpc) is 2.17. The van der Waals surface area contributed by atoms with Crippen molar-refractivity contribution < 1.29 is 4.74 Å². The van der Waals surface area contributed by atoms with E-state index in [4.69, 9.17) is 4.74 Å².